The highest BCUT2D eigenvalue weighted by atomic mass is 31.2. The van der Waals surface area contributed by atoms with E-state index in [0.717, 1.165) is 64.2 Å². The maximum Gasteiger partial charge on any atom is 0.472 e. The van der Waals surface area contributed by atoms with Crippen molar-refractivity contribution in [2.75, 3.05) is 39.6 Å². The van der Waals surface area contributed by atoms with Gasteiger partial charge in [0.2, 0.25) is 0 Å². The second-order valence-electron chi connectivity index (χ2n) is 13.5. The van der Waals surface area contributed by atoms with Crippen LogP contribution in [0.5, 0.6) is 0 Å². The molecular formula is C37H70O17P2. The number of ether oxygens (including phenoxy) is 4. The fraction of sp³-hybridized carbons (Fsp3) is 0.892. The van der Waals surface area contributed by atoms with Crippen LogP contribution in [0.2, 0.25) is 0 Å². The summed E-state index contributed by atoms with van der Waals surface area (Å²) in [4.78, 5) is 68.4. The molecule has 2 unspecified atom stereocenters. The summed E-state index contributed by atoms with van der Waals surface area (Å²) in [5.74, 6) is -2.37. The Morgan fingerprint density at radius 2 is 0.750 bits per heavy atom. The maximum atomic E-state index is 12.5. The van der Waals surface area contributed by atoms with Crippen molar-refractivity contribution in [1.29, 1.82) is 0 Å². The second-order valence-corrected chi connectivity index (χ2v) is 16.4. The molecule has 0 aliphatic heterocycles. The van der Waals surface area contributed by atoms with Gasteiger partial charge in [-0.15, -0.1) is 0 Å². The molecule has 0 bridgehead atoms. The van der Waals surface area contributed by atoms with Crippen molar-refractivity contribution in [1.82, 2.24) is 0 Å². The summed E-state index contributed by atoms with van der Waals surface area (Å²) >= 11 is 0. The maximum absolute atomic E-state index is 12.5. The lowest BCUT2D eigenvalue weighted by Crippen LogP contribution is -2.30. The molecule has 5 atom stereocenters. The Kier molecular flexibility index (Phi) is 32.8. The van der Waals surface area contributed by atoms with E-state index in [9.17, 15) is 43.2 Å². The van der Waals surface area contributed by atoms with Gasteiger partial charge in [0.05, 0.1) is 26.4 Å². The average Bonchev–Trinajstić information content (AvgIpc) is 3.17. The van der Waals surface area contributed by atoms with Gasteiger partial charge in [-0.25, -0.2) is 9.13 Å². The standard InChI is InChI=1S/C37H70O17P2/c1-5-9-11-13-15-16-18-20-22-24-37(42)54-33(28-48-35(40)8-4)30-52-56(45,46)50-26-31(38)25-49-55(43,44)51-29-32(27-47-34(39)7-3)53-36(41)23-21-19-17-14-12-10-6-2/h31-33,38H,5-30H2,1-4H3,(H,43,44)(H,45,46)/t31-,32+,33+/m0/s1. The zero-order valence-corrected chi connectivity index (χ0v) is 35.9. The summed E-state index contributed by atoms with van der Waals surface area (Å²) in [5.41, 5.74) is 0. The van der Waals surface area contributed by atoms with Crippen molar-refractivity contribution >= 4 is 39.5 Å². The van der Waals surface area contributed by atoms with Crippen LogP contribution in [0.25, 0.3) is 0 Å². The number of carbonyl (C=O) groups is 4. The first-order valence-electron chi connectivity index (χ1n) is 20.3. The number of hydrogen-bond acceptors (Lipinski definition) is 15. The van der Waals surface area contributed by atoms with Crippen molar-refractivity contribution in [2.45, 2.75) is 174 Å². The number of phosphoric acid groups is 2. The molecule has 0 heterocycles. The molecule has 330 valence electrons. The third kappa shape index (κ3) is 33.1. The van der Waals surface area contributed by atoms with Gasteiger partial charge < -0.3 is 33.8 Å². The number of esters is 4. The molecular weight excluding hydrogens is 778 g/mol. The molecule has 0 aliphatic carbocycles. The highest BCUT2D eigenvalue weighted by molar-refractivity contribution is 7.47. The minimum atomic E-state index is -4.88. The molecule has 0 saturated heterocycles. The normalized spacial score (nSPS) is 15.2. The zero-order chi connectivity index (χ0) is 42.1. The van der Waals surface area contributed by atoms with Gasteiger partial charge in [-0.05, 0) is 12.8 Å². The van der Waals surface area contributed by atoms with Crippen LogP contribution in [-0.4, -0.2) is 96.7 Å². The lowest BCUT2D eigenvalue weighted by molar-refractivity contribution is -0.161. The first kappa shape index (κ1) is 54.1. The van der Waals surface area contributed by atoms with Crippen LogP contribution in [0.3, 0.4) is 0 Å². The van der Waals surface area contributed by atoms with E-state index in [1.807, 2.05) is 0 Å². The van der Waals surface area contributed by atoms with Crippen molar-refractivity contribution in [3.8, 4) is 0 Å². The molecule has 0 aliphatic rings. The Labute approximate surface area is 333 Å². The van der Waals surface area contributed by atoms with E-state index in [4.69, 9.17) is 37.0 Å². The van der Waals surface area contributed by atoms with Crippen molar-refractivity contribution in [3.63, 3.8) is 0 Å². The Balaban J connectivity index is 4.82. The molecule has 0 spiro atoms. The van der Waals surface area contributed by atoms with E-state index in [-0.39, 0.29) is 25.7 Å². The summed E-state index contributed by atoms with van der Waals surface area (Å²) in [6.07, 6.45) is 12.5. The Bertz CT molecular complexity index is 1150. The van der Waals surface area contributed by atoms with Crippen LogP contribution < -0.4 is 0 Å². The first-order chi connectivity index (χ1) is 26.7. The molecule has 0 radical (unpaired) electrons. The molecule has 0 aromatic carbocycles. The van der Waals surface area contributed by atoms with Gasteiger partial charge in [0.1, 0.15) is 19.3 Å². The smallest absolute Gasteiger partial charge is 0.462 e. The van der Waals surface area contributed by atoms with E-state index in [1.54, 1.807) is 13.8 Å². The number of aliphatic hydroxyl groups excluding tert-OH is 1. The highest BCUT2D eigenvalue weighted by Crippen LogP contribution is 2.45. The molecule has 0 amide bonds. The summed E-state index contributed by atoms with van der Waals surface area (Å²) in [7, 11) is -9.76. The van der Waals surface area contributed by atoms with Crippen LogP contribution >= 0.6 is 15.6 Å². The lowest BCUT2D eigenvalue weighted by atomic mass is 10.1. The largest absolute Gasteiger partial charge is 0.472 e. The molecule has 19 heteroatoms. The van der Waals surface area contributed by atoms with Crippen molar-refractivity contribution in [2.24, 2.45) is 0 Å². The van der Waals surface area contributed by atoms with Gasteiger partial charge in [0.15, 0.2) is 12.2 Å². The van der Waals surface area contributed by atoms with Crippen LogP contribution in [-0.2, 0) is 65.4 Å². The van der Waals surface area contributed by atoms with E-state index < -0.39 is 97.5 Å². The van der Waals surface area contributed by atoms with E-state index in [0.29, 0.717) is 12.8 Å². The number of unbranched alkanes of at least 4 members (excludes halogenated alkanes) is 14. The van der Waals surface area contributed by atoms with Gasteiger partial charge in [-0.1, -0.05) is 118 Å². The van der Waals surface area contributed by atoms with E-state index in [2.05, 4.69) is 13.8 Å². The summed E-state index contributed by atoms with van der Waals surface area (Å²) in [6.45, 7) is 3.40. The first-order valence-corrected chi connectivity index (χ1v) is 23.3. The number of phosphoric ester groups is 2. The predicted molar refractivity (Wildman–Crippen MR) is 206 cm³/mol. The van der Waals surface area contributed by atoms with Crippen LogP contribution in [0.4, 0.5) is 0 Å². The monoisotopic (exact) mass is 848 g/mol. The highest BCUT2D eigenvalue weighted by Gasteiger charge is 2.30. The molecule has 3 N–H and O–H groups in total. The van der Waals surface area contributed by atoms with Gasteiger partial charge in [0, 0.05) is 25.7 Å². The Morgan fingerprint density at radius 3 is 1.07 bits per heavy atom. The molecule has 17 nitrogen and oxygen atoms in total. The Morgan fingerprint density at radius 1 is 0.446 bits per heavy atom. The molecule has 56 heavy (non-hydrogen) atoms. The fourth-order valence-electron chi connectivity index (χ4n) is 4.94. The average molecular weight is 849 g/mol. The second kappa shape index (κ2) is 34.0. The van der Waals surface area contributed by atoms with Gasteiger partial charge in [-0.2, -0.15) is 0 Å². The molecule has 0 rings (SSSR count). The zero-order valence-electron chi connectivity index (χ0n) is 34.1. The fourth-order valence-corrected chi connectivity index (χ4v) is 6.52. The van der Waals surface area contributed by atoms with Gasteiger partial charge in [0.25, 0.3) is 0 Å². The van der Waals surface area contributed by atoms with E-state index in [1.165, 1.54) is 25.7 Å². The van der Waals surface area contributed by atoms with Crippen LogP contribution in [0.1, 0.15) is 156 Å². The SMILES string of the molecule is CCCCCCCCCCCC(=O)O[C@H](COC(=O)CC)COP(=O)(O)OC[C@@H](O)COP(=O)(O)OC[C@@H](COC(=O)CC)OC(=O)CCCCCCCCC. The molecule has 0 saturated carbocycles. The topological polar surface area (TPSA) is 237 Å². The number of carbonyl (C=O) groups excluding carboxylic acids is 4. The molecule has 0 fully saturated rings. The minimum Gasteiger partial charge on any atom is -0.462 e. The van der Waals surface area contributed by atoms with Crippen molar-refractivity contribution in [3.05, 3.63) is 0 Å². The number of hydrogen-bond donors (Lipinski definition) is 3. The third-order valence-electron chi connectivity index (χ3n) is 8.21. The third-order valence-corrected chi connectivity index (χ3v) is 10.1. The summed E-state index contributed by atoms with van der Waals surface area (Å²) in [6, 6.07) is 0. The lowest BCUT2D eigenvalue weighted by Gasteiger charge is -2.21. The summed E-state index contributed by atoms with van der Waals surface area (Å²) in [5, 5.41) is 10.2. The molecule has 0 aromatic heterocycles. The van der Waals surface area contributed by atoms with E-state index >= 15 is 0 Å². The Hall–Kier alpha value is -1.94. The predicted octanol–water partition coefficient (Wildman–Crippen LogP) is 7.41. The molecule has 0 aromatic rings. The van der Waals surface area contributed by atoms with Crippen LogP contribution in [0, 0.1) is 0 Å². The number of rotatable bonds is 38. The van der Waals surface area contributed by atoms with Crippen LogP contribution in [0.15, 0.2) is 0 Å². The van der Waals surface area contributed by atoms with Gasteiger partial charge in [-0.3, -0.25) is 37.3 Å². The number of aliphatic hydroxyl groups is 1. The summed E-state index contributed by atoms with van der Waals surface area (Å²) < 4.78 is 64.9. The minimum absolute atomic E-state index is 0.0504. The quantitative estimate of drug-likeness (QED) is 0.0237. The van der Waals surface area contributed by atoms with Gasteiger partial charge >= 0.3 is 39.5 Å². The van der Waals surface area contributed by atoms with Crippen molar-refractivity contribution < 1.29 is 80.2 Å².